The molecule has 0 fully saturated rings. The fourth-order valence-electron chi connectivity index (χ4n) is 1.64. The van der Waals surface area contributed by atoms with Gasteiger partial charge in [0.25, 0.3) is 0 Å². The van der Waals surface area contributed by atoms with Gasteiger partial charge in [-0.3, -0.25) is 12.2 Å². The first-order valence-corrected chi connectivity index (χ1v) is 9.62. The number of hydrogen-bond donors (Lipinski definition) is 0. The van der Waals surface area contributed by atoms with Crippen LogP contribution in [-0.4, -0.2) is 9.52 Å². The zero-order chi connectivity index (χ0) is 14.7. The first kappa shape index (κ1) is 30.5. The van der Waals surface area contributed by atoms with Crippen LogP contribution in [0, 0.1) is 24.0 Å². The minimum atomic E-state index is 0. The topological polar surface area (TPSA) is 0 Å². The molecule has 4 heteroatoms. The molecule has 0 amide bonds. The Labute approximate surface area is 172 Å². The van der Waals surface area contributed by atoms with E-state index in [1.54, 1.807) is 0 Å². The molecule has 0 N–H and O–H groups in total. The van der Waals surface area contributed by atoms with Crippen LogP contribution >= 0.6 is 24.8 Å². The third kappa shape index (κ3) is 15.5. The summed E-state index contributed by atoms with van der Waals surface area (Å²) in [6, 6.07) is 0. The Bertz CT molecular complexity index is 322. The summed E-state index contributed by atoms with van der Waals surface area (Å²) in [5, 5.41) is 0. The molecule has 2 rings (SSSR count). The van der Waals surface area contributed by atoms with Gasteiger partial charge in [-0.05, 0) is 0 Å². The van der Waals surface area contributed by atoms with E-state index in [-0.39, 0.29) is 51.0 Å². The van der Waals surface area contributed by atoms with Crippen molar-refractivity contribution < 1.29 is 26.2 Å². The van der Waals surface area contributed by atoms with Gasteiger partial charge < -0.3 is 0 Å². The molecule has 22 heavy (non-hydrogen) atoms. The molecule has 0 unspecified atom stereocenters. The second-order valence-corrected chi connectivity index (χ2v) is 6.52. The Balaban J connectivity index is -0.000000112. The number of halogens is 2. The van der Waals surface area contributed by atoms with E-state index in [2.05, 4.69) is 77.2 Å². The molecule has 0 heterocycles. The van der Waals surface area contributed by atoms with Gasteiger partial charge >= 0.3 is 26.2 Å². The van der Waals surface area contributed by atoms with E-state index in [1.165, 1.54) is 11.1 Å². The first-order chi connectivity index (χ1) is 9.02. The Morgan fingerprint density at radius 1 is 0.818 bits per heavy atom. The predicted octanol–water partition coefficient (Wildman–Crippen LogP) is 6.02. The van der Waals surface area contributed by atoms with Gasteiger partial charge in [0.1, 0.15) is 0 Å². The number of allylic oxidation sites excluding steroid dienone is 8. The molecule has 1 radical (unpaired) electrons. The van der Waals surface area contributed by atoms with E-state index in [1.807, 2.05) is 0 Å². The van der Waals surface area contributed by atoms with Crippen molar-refractivity contribution in [1.82, 2.24) is 0 Å². The van der Waals surface area contributed by atoms with Crippen molar-refractivity contribution in [1.29, 1.82) is 0 Å². The third-order valence-electron chi connectivity index (χ3n) is 2.69. The summed E-state index contributed by atoms with van der Waals surface area (Å²) >= 11 is 0. The van der Waals surface area contributed by atoms with Gasteiger partial charge in [-0.1, -0.05) is 52.6 Å². The predicted molar refractivity (Wildman–Crippen MR) is 104 cm³/mol. The Hall–Kier alpha value is 0.640. The van der Waals surface area contributed by atoms with Crippen LogP contribution in [-0.2, 0) is 26.2 Å². The molecule has 0 spiro atoms. The van der Waals surface area contributed by atoms with E-state index in [4.69, 9.17) is 0 Å². The van der Waals surface area contributed by atoms with Crippen molar-refractivity contribution >= 4 is 34.3 Å². The first-order valence-electron chi connectivity index (χ1n) is 7.31. The third-order valence-corrected chi connectivity index (χ3v) is 2.69. The van der Waals surface area contributed by atoms with Gasteiger partial charge in [0.2, 0.25) is 0 Å². The summed E-state index contributed by atoms with van der Waals surface area (Å²) in [7, 11) is 0.750. The fraction of sp³-hybridized carbons (Fsp3) is 0.556. The zero-order valence-corrected chi connectivity index (χ0v) is 20.0. The molecular formula is C18H31Cl2SiZr. The largest absolute Gasteiger partial charge is 2.00 e. The van der Waals surface area contributed by atoms with Crippen molar-refractivity contribution in [2.45, 2.75) is 53.6 Å². The van der Waals surface area contributed by atoms with Gasteiger partial charge in [0, 0.05) is 9.52 Å². The number of rotatable bonds is 2. The minimum absolute atomic E-state index is 0. The normalized spacial score (nSPS) is 13.6. The maximum absolute atomic E-state index is 3.26. The van der Waals surface area contributed by atoms with Gasteiger partial charge in [-0.2, -0.15) is 12.2 Å². The maximum Gasteiger partial charge on any atom is 2.00 e. The average molecular weight is 438 g/mol. The second kappa shape index (κ2) is 19.7. The summed E-state index contributed by atoms with van der Waals surface area (Å²) in [6.07, 6.45) is 17.2. The maximum atomic E-state index is 3.26. The molecule has 2 aliphatic rings. The van der Waals surface area contributed by atoms with Crippen LogP contribution < -0.4 is 0 Å². The van der Waals surface area contributed by atoms with E-state index in [9.17, 15) is 0 Å². The quantitative estimate of drug-likeness (QED) is 0.366. The van der Waals surface area contributed by atoms with Crippen LogP contribution in [0.4, 0.5) is 0 Å². The molecule has 0 aromatic heterocycles. The van der Waals surface area contributed by atoms with Crippen LogP contribution in [0.15, 0.2) is 35.5 Å². The molecule has 0 bridgehead atoms. The van der Waals surface area contributed by atoms with Crippen LogP contribution in [0.5, 0.6) is 0 Å². The molecule has 0 nitrogen and oxygen atoms in total. The SMILES string of the molecule is CC(C)C1=[C-]CC=C1.CC(C)C1=[C-]CC=C1.C[SiH]C.Cl.Cl.[Zr+2]. The van der Waals surface area contributed by atoms with Gasteiger partial charge in [-0.25, -0.2) is 23.3 Å². The smallest absolute Gasteiger partial charge is 0.269 e. The van der Waals surface area contributed by atoms with Gasteiger partial charge in [0.15, 0.2) is 0 Å². The second-order valence-electron chi connectivity index (χ2n) is 5.36. The van der Waals surface area contributed by atoms with Crippen molar-refractivity contribution in [2.24, 2.45) is 11.8 Å². The van der Waals surface area contributed by atoms with E-state index in [0.29, 0.717) is 11.8 Å². The molecule has 0 saturated carbocycles. The van der Waals surface area contributed by atoms with Gasteiger partial charge in [-0.15, -0.1) is 37.7 Å². The standard InChI is InChI=1S/2C8H11.C2H7Si.2ClH.Zr/c2*1-7(2)8-5-3-4-6-8;1-3-2;;;/h2*3,5,7H,4H2,1-2H3;3H,1-2H3;2*1H;/q2*-1;;;;+2. The summed E-state index contributed by atoms with van der Waals surface area (Å²) in [5.74, 6) is 1.32. The van der Waals surface area contributed by atoms with E-state index < -0.39 is 0 Å². The van der Waals surface area contributed by atoms with Gasteiger partial charge in [0.05, 0.1) is 0 Å². The number of hydrogen-bond acceptors (Lipinski definition) is 0. The summed E-state index contributed by atoms with van der Waals surface area (Å²) < 4.78 is 0. The van der Waals surface area contributed by atoms with Crippen LogP contribution in [0.2, 0.25) is 13.1 Å². The van der Waals surface area contributed by atoms with Crippen molar-refractivity contribution in [2.75, 3.05) is 0 Å². The molecule has 0 atom stereocenters. The van der Waals surface area contributed by atoms with Crippen LogP contribution in [0.3, 0.4) is 0 Å². The Morgan fingerprint density at radius 3 is 1.18 bits per heavy atom. The molecular weight excluding hydrogens is 406 g/mol. The molecule has 0 saturated heterocycles. The van der Waals surface area contributed by atoms with Crippen LogP contribution in [0.1, 0.15) is 40.5 Å². The van der Waals surface area contributed by atoms with Crippen LogP contribution in [0.25, 0.3) is 0 Å². The van der Waals surface area contributed by atoms with Crippen molar-refractivity contribution in [3.8, 4) is 0 Å². The molecule has 2 aliphatic carbocycles. The summed E-state index contributed by atoms with van der Waals surface area (Å²) in [4.78, 5) is 0. The van der Waals surface area contributed by atoms with Crippen molar-refractivity contribution in [3.63, 3.8) is 0 Å². The Morgan fingerprint density at radius 2 is 1.09 bits per heavy atom. The Kier molecular flexibility index (Phi) is 27.3. The monoisotopic (exact) mass is 435 g/mol. The summed E-state index contributed by atoms with van der Waals surface area (Å²) in [6.45, 7) is 13.2. The van der Waals surface area contributed by atoms with E-state index >= 15 is 0 Å². The zero-order valence-electron chi connectivity index (χ0n) is 14.8. The minimum Gasteiger partial charge on any atom is -0.269 e. The molecule has 0 aliphatic heterocycles. The van der Waals surface area contributed by atoms with E-state index in [0.717, 1.165) is 22.4 Å². The molecule has 125 valence electrons. The molecule has 0 aromatic carbocycles. The fourth-order valence-corrected chi connectivity index (χ4v) is 1.64. The summed E-state index contributed by atoms with van der Waals surface area (Å²) in [5.41, 5.74) is 2.73. The van der Waals surface area contributed by atoms with Crippen molar-refractivity contribution in [3.05, 3.63) is 47.6 Å². The molecule has 0 aromatic rings. The average Bonchev–Trinajstić information content (AvgIpc) is 3.05.